The lowest BCUT2D eigenvalue weighted by Crippen LogP contribution is -2.47. The number of amides is 1. The molecule has 6 heteroatoms. The molecule has 1 aliphatic heterocycles. The number of likely N-dealkylation sites (tertiary alicyclic amines) is 1. The Morgan fingerprint density at radius 3 is 2.67 bits per heavy atom. The molecular formula is C21H27ClN2O3. The quantitative estimate of drug-likeness (QED) is 0.787. The number of piperidine rings is 1. The number of rotatable bonds is 7. The zero-order valence-electron chi connectivity index (χ0n) is 15.7. The predicted octanol–water partition coefficient (Wildman–Crippen LogP) is 3.32. The van der Waals surface area contributed by atoms with Gasteiger partial charge in [0, 0.05) is 24.7 Å². The first-order valence-electron chi connectivity index (χ1n) is 9.47. The fourth-order valence-electron chi connectivity index (χ4n) is 3.94. The highest BCUT2D eigenvalue weighted by atomic mass is 35.5. The van der Waals surface area contributed by atoms with Crippen LogP contribution in [0.1, 0.15) is 29.0 Å². The van der Waals surface area contributed by atoms with Gasteiger partial charge in [0.2, 0.25) is 0 Å². The Morgan fingerprint density at radius 2 is 2.04 bits per heavy atom. The summed E-state index contributed by atoms with van der Waals surface area (Å²) >= 11 is 6.40. The minimum absolute atomic E-state index is 0.0405. The third kappa shape index (κ3) is 4.92. The minimum Gasteiger partial charge on any atom is -0.459 e. The third-order valence-electron chi connectivity index (χ3n) is 5.53. The fraction of sp³-hybridized carbons (Fsp3) is 0.476. The van der Waals surface area contributed by atoms with Crippen molar-refractivity contribution in [1.82, 2.24) is 9.80 Å². The van der Waals surface area contributed by atoms with Gasteiger partial charge in [0.25, 0.3) is 5.91 Å². The van der Waals surface area contributed by atoms with E-state index in [1.807, 2.05) is 36.2 Å². The molecule has 1 atom stereocenters. The molecule has 2 aromatic rings. The Hall–Kier alpha value is -1.82. The summed E-state index contributed by atoms with van der Waals surface area (Å²) in [7, 11) is 1.85. The highest BCUT2D eigenvalue weighted by Gasteiger charge is 2.32. The van der Waals surface area contributed by atoms with Crippen LogP contribution in [-0.4, -0.2) is 60.1 Å². The van der Waals surface area contributed by atoms with Gasteiger partial charge >= 0.3 is 0 Å². The summed E-state index contributed by atoms with van der Waals surface area (Å²) in [4.78, 5) is 17.0. The number of furan rings is 1. The van der Waals surface area contributed by atoms with Gasteiger partial charge in [-0.05, 0) is 62.0 Å². The smallest absolute Gasteiger partial charge is 0.289 e. The molecule has 1 aromatic carbocycles. The number of hydrogen-bond acceptors (Lipinski definition) is 4. The molecule has 5 nitrogen and oxygen atoms in total. The van der Waals surface area contributed by atoms with E-state index >= 15 is 0 Å². The first-order valence-corrected chi connectivity index (χ1v) is 9.85. The second kappa shape index (κ2) is 9.40. The molecule has 0 aliphatic carbocycles. The average Bonchev–Trinajstić information content (AvgIpc) is 3.22. The van der Waals surface area contributed by atoms with Crippen LogP contribution >= 0.6 is 11.6 Å². The maximum Gasteiger partial charge on any atom is 0.289 e. The summed E-state index contributed by atoms with van der Waals surface area (Å²) in [6, 6.07) is 11.3. The molecule has 0 saturated carbocycles. The zero-order valence-corrected chi connectivity index (χ0v) is 16.4. The molecule has 1 unspecified atom stereocenters. The molecule has 0 spiro atoms. The topological polar surface area (TPSA) is 56.9 Å². The van der Waals surface area contributed by atoms with Crippen LogP contribution in [0.5, 0.6) is 0 Å². The van der Waals surface area contributed by atoms with E-state index in [1.165, 1.54) is 6.26 Å². The number of hydrogen-bond donors (Lipinski definition) is 1. The van der Waals surface area contributed by atoms with Crippen molar-refractivity contribution in [3.8, 4) is 0 Å². The van der Waals surface area contributed by atoms with Crippen molar-refractivity contribution in [2.75, 3.05) is 33.3 Å². The van der Waals surface area contributed by atoms with Crippen molar-refractivity contribution >= 4 is 17.5 Å². The Balaban J connectivity index is 1.78. The van der Waals surface area contributed by atoms with Gasteiger partial charge in [-0.25, -0.2) is 0 Å². The van der Waals surface area contributed by atoms with E-state index in [1.54, 1.807) is 12.1 Å². The van der Waals surface area contributed by atoms with Crippen molar-refractivity contribution < 1.29 is 14.3 Å². The van der Waals surface area contributed by atoms with Crippen molar-refractivity contribution in [2.45, 2.75) is 25.3 Å². The lowest BCUT2D eigenvalue weighted by atomic mass is 9.85. The molecule has 3 rings (SSSR count). The molecule has 1 amide bonds. The van der Waals surface area contributed by atoms with E-state index < -0.39 is 0 Å². The first kappa shape index (κ1) is 19.9. The van der Waals surface area contributed by atoms with E-state index in [-0.39, 0.29) is 18.6 Å². The lowest BCUT2D eigenvalue weighted by Gasteiger charge is -2.40. The average molecular weight is 391 g/mol. The first-order chi connectivity index (χ1) is 13.1. The Morgan fingerprint density at radius 1 is 1.30 bits per heavy atom. The molecule has 1 fully saturated rings. The number of carbonyl (C=O) groups excluding carboxylic acids is 1. The van der Waals surface area contributed by atoms with Crippen LogP contribution < -0.4 is 0 Å². The van der Waals surface area contributed by atoms with Gasteiger partial charge in [0.15, 0.2) is 5.76 Å². The highest BCUT2D eigenvalue weighted by molar-refractivity contribution is 6.31. The normalized spacial score (nSPS) is 17.0. The van der Waals surface area contributed by atoms with Crippen LogP contribution in [0.3, 0.4) is 0 Å². The maximum absolute atomic E-state index is 12.9. The van der Waals surface area contributed by atoms with E-state index in [0.717, 1.165) is 36.5 Å². The van der Waals surface area contributed by atoms with Crippen molar-refractivity contribution in [3.05, 3.63) is 59.0 Å². The van der Waals surface area contributed by atoms with Crippen LogP contribution in [0, 0.1) is 5.92 Å². The van der Waals surface area contributed by atoms with Gasteiger partial charge in [-0.3, -0.25) is 4.79 Å². The largest absolute Gasteiger partial charge is 0.459 e. The van der Waals surface area contributed by atoms with Gasteiger partial charge in [-0.1, -0.05) is 29.8 Å². The summed E-state index contributed by atoms with van der Waals surface area (Å²) < 4.78 is 5.32. The van der Waals surface area contributed by atoms with Gasteiger partial charge in [0.1, 0.15) is 0 Å². The Kier molecular flexibility index (Phi) is 6.94. The third-order valence-corrected chi connectivity index (χ3v) is 5.90. The maximum atomic E-state index is 12.9. The van der Waals surface area contributed by atoms with Gasteiger partial charge in [0.05, 0.1) is 12.9 Å². The molecular weight excluding hydrogens is 364 g/mol. The molecule has 0 bridgehead atoms. The van der Waals surface area contributed by atoms with Crippen molar-refractivity contribution in [2.24, 2.45) is 5.92 Å². The van der Waals surface area contributed by atoms with E-state index in [2.05, 4.69) is 4.90 Å². The van der Waals surface area contributed by atoms with Gasteiger partial charge < -0.3 is 19.3 Å². The summed E-state index contributed by atoms with van der Waals surface area (Å²) in [5.74, 6) is 0.634. The van der Waals surface area contributed by atoms with Gasteiger partial charge in [-0.15, -0.1) is 0 Å². The van der Waals surface area contributed by atoms with Crippen LogP contribution in [0.25, 0.3) is 0 Å². The van der Waals surface area contributed by atoms with E-state index in [4.69, 9.17) is 21.1 Å². The molecule has 146 valence electrons. The number of aliphatic hydroxyl groups is 1. The number of carbonyl (C=O) groups is 1. The fourth-order valence-corrected chi connectivity index (χ4v) is 4.15. The van der Waals surface area contributed by atoms with E-state index in [0.29, 0.717) is 24.6 Å². The highest BCUT2D eigenvalue weighted by Crippen LogP contribution is 2.29. The lowest BCUT2D eigenvalue weighted by molar-refractivity contribution is 0.0548. The second-order valence-corrected chi connectivity index (χ2v) is 7.57. The number of halogens is 1. The van der Waals surface area contributed by atoms with Gasteiger partial charge in [-0.2, -0.15) is 0 Å². The Labute approximate surface area is 165 Å². The molecule has 1 aromatic heterocycles. The molecule has 27 heavy (non-hydrogen) atoms. The Bertz CT molecular complexity index is 727. The molecule has 2 heterocycles. The zero-order chi connectivity index (χ0) is 19.2. The molecule has 1 saturated heterocycles. The van der Waals surface area contributed by atoms with Crippen LogP contribution in [-0.2, 0) is 6.42 Å². The van der Waals surface area contributed by atoms with Crippen LogP contribution in [0.2, 0.25) is 5.02 Å². The summed E-state index contributed by atoms with van der Waals surface area (Å²) in [6.07, 6.45) is 4.22. The predicted molar refractivity (Wildman–Crippen MR) is 106 cm³/mol. The second-order valence-electron chi connectivity index (χ2n) is 7.16. The molecule has 1 aliphatic rings. The van der Waals surface area contributed by atoms with Crippen molar-refractivity contribution in [1.29, 1.82) is 0 Å². The van der Waals surface area contributed by atoms with Crippen molar-refractivity contribution in [3.63, 3.8) is 0 Å². The number of benzene rings is 1. The summed E-state index contributed by atoms with van der Waals surface area (Å²) in [5, 5.41) is 9.90. The summed E-state index contributed by atoms with van der Waals surface area (Å²) in [6.45, 7) is 2.77. The SMILES string of the molecule is CN(C(=O)c1ccco1)C(Cc1ccccc1Cl)C1CCN(CCO)CC1. The number of likely N-dealkylation sites (N-methyl/N-ethyl adjacent to an activating group) is 1. The van der Waals surface area contributed by atoms with E-state index in [9.17, 15) is 4.79 Å². The molecule has 1 N–H and O–H groups in total. The minimum atomic E-state index is -0.102. The number of aliphatic hydroxyl groups excluding tert-OH is 1. The standard InChI is InChI=1S/C21H27ClN2O3/c1-23(21(26)20-7-4-14-27-20)19(15-17-5-2-3-6-18(17)22)16-8-10-24(11-9-16)12-13-25/h2-7,14,16,19,25H,8-13,15H2,1H3. The number of β-amino-alcohol motifs (C(OH)–C–C–N with tert-alkyl or cyclic N) is 1. The van der Waals surface area contributed by atoms with Crippen LogP contribution in [0.4, 0.5) is 0 Å². The molecule has 0 radical (unpaired) electrons. The number of nitrogens with zero attached hydrogens (tertiary/aromatic N) is 2. The summed E-state index contributed by atoms with van der Waals surface area (Å²) in [5.41, 5.74) is 1.06. The van der Waals surface area contributed by atoms with Crippen LogP contribution in [0.15, 0.2) is 47.1 Å². The monoisotopic (exact) mass is 390 g/mol.